The van der Waals surface area contributed by atoms with Crippen LogP contribution in [0.2, 0.25) is 0 Å². The molecule has 6 nitrogen and oxygen atoms in total. The Kier molecular flexibility index (Phi) is 10.5. The van der Waals surface area contributed by atoms with E-state index in [0.717, 1.165) is 19.6 Å². The Morgan fingerprint density at radius 1 is 1.23 bits per heavy atom. The lowest BCUT2D eigenvalue weighted by molar-refractivity contribution is -0.114. The van der Waals surface area contributed by atoms with Gasteiger partial charge in [0.25, 0.3) is 0 Å². The number of aliphatic imine (C=N–C) groups is 1. The molecule has 1 fully saturated rings. The molecule has 1 unspecified atom stereocenters. The summed E-state index contributed by atoms with van der Waals surface area (Å²) in [4.78, 5) is 20.4. The van der Waals surface area contributed by atoms with Gasteiger partial charge < -0.3 is 16.0 Å². The highest BCUT2D eigenvalue weighted by atomic mass is 127. The van der Waals surface area contributed by atoms with Crippen molar-refractivity contribution in [3.63, 3.8) is 0 Å². The summed E-state index contributed by atoms with van der Waals surface area (Å²) in [5.41, 5.74) is 0.426. The van der Waals surface area contributed by atoms with Crippen LogP contribution in [0.15, 0.2) is 46.8 Å². The van der Waals surface area contributed by atoms with Gasteiger partial charge in [-0.25, -0.2) is 9.38 Å². The fourth-order valence-electron chi connectivity index (χ4n) is 3.40. The van der Waals surface area contributed by atoms with E-state index in [4.69, 9.17) is 0 Å². The molecule has 3 N–H and O–H groups in total. The maximum Gasteiger partial charge on any atom is 0.246 e. The van der Waals surface area contributed by atoms with E-state index in [1.165, 1.54) is 29.9 Å². The lowest BCUT2D eigenvalue weighted by Crippen LogP contribution is -2.43. The molecule has 1 amide bonds. The first-order chi connectivity index (χ1) is 14.2. The SMILES string of the molecule is CCNC(=NCC(=O)Nc1cccc(F)c1)NCC(c1cccs1)N1CCCC1.I. The van der Waals surface area contributed by atoms with E-state index < -0.39 is 0 Å². The standard InChI is InChI=1S/C21H28FN5OS.HI/c1-2-23-21(25-15-20(28)26-17-8-5-7-16(22)13-17)24-14-18(19-9-6-12-29-19)27-10-3-4-11-27;/h5-9,12-13,18H,2-4,10-11,14-15H2,1H3,(H,26,28)(H2,23,24,25);1H. The molecule has 1 saturated heterocycles. The molecule has 1 aromatic carbocycles. The van der Waals surface area contributed by atoms with Crippen LogP contribution in [0.25, 0.3) is 0 Å². The van der Waals surface area contributed by atoms with Crippen molar-refractivity contribution < 1.29 is 9.18 Å². The van der Waals surface area contributed by atoms with E-state index >= 15 is 0 Å². The Bertz CT molecular complexity index is 811. The number of amides is 1. The van der Waals surface area contributed by atoms with Gasteiger partial charge in [0, 0.05) is 23.7 Å². The summed E-state index contributed by atoms with van der Waals surface area (Å²) in [6, 6.07) is 10.4. The van der Waals surface area contributed by atoms with Gasteiger partial charge in [0.2, 0.25) is 5.91 Å². The van der Waals surface area contributed by atoms with Gasteiger partial charge in [-0.1, -0.05) is 12.1 Å². The number of thiophene rings is 1. The Balaban J connectivity index is 0.00000320. The highest BCUT2D eigenvalue weighted by Crippen LogP contribution is 2.27. The second-order valence-electron chi connectivity index (χ2n) is 6.91. The third kappa shape index (κ3) is 7.51. The normalized spacial score (nSPS) is 15.3. The predicted molar refractivity (Wildman–Crippen MR) is 132 cm³/mol. The van der Waals surface area contributed by atoms with Crippen molar-refractivity contribution in [1.29, 1.82) is 0 Å². The molecular formula is C21H29FIN5OS. The van der Waals surface area contributed by atoms with Crippen molar-refractivity contribution in [3.8, 4) is 0 Å². The number of nitrogens with zero attached hydrogens (tertiary/aromatic N) is 2. The molecule has 1 aliphatic heterocycles. The number of halogens is 2. The molecule has 0 aliphatic carbocycles. The quantitative estimate of drug-likeness (QED) is 0.268. The second-order valence-corrected chi connectivity index (χ2v) is 7.89. The van der Waals surface area contributed by atoms with Crippen molar-refractivity contribution in [2.45, 2.75) is 25.8 Å². The van der Waals surface area contributed by atoms with Crippen molar-refractivity contribution in [2.24, 2.45) is 4.99 Å². The predicted octanol–water partition coefficient (Wildman–Crippen LogP) is 3.84. The van der Waals surface area contributed by atoms with Gasteiger partial charge in [-0.15, -0.1) is 35.3 Å². The number of rotatable bonds is 8. The Morgan fingerprint density at radius 3 is 2.70 bits per heavy atom. The summed E-state index contributed by atoms with van der Waals surface area (Å²) < 4.78 is 13.3. The molecule has 164 valence electrons. The lowest BCUT2D eigenvalue weighted by Gasteiger charge is -2.27. The number of nitrogens with one attached hydrogen (secondary N) is 3. The molecule has 30 heavy (non-hydrogen) atoms. The first kappa shape index (κ1) is 24.5. The van der Waals surface area contributed by atoms with Crippen LogP contribution in [0.1, 0.15) is 30.7 Å². The molecule has 0 bridgehead atoms. The number of anilines is 1. The van der Waals surface area contributed by atoms with Crippen LogP contribution in [-0.2, 0) is 4.79 Å². The highest BCUT2D eigenvalue weighted by molar-refractivity contribution is 14.0. The van der Waals surface area contributed by atoms with Crippen LogP contribution in [0.3, 0.4) is 0 Å². The van der Waals surface area contributed by atoms with E-state index in [1.54, 1.807) is 23.5 Å². The zero-order valence-electron chi connectivity index (χ0n) is 17.1. The summed E-state index contributed by atoms with van der Waals surface area (Å²) in [5, 5.41) is 11.3. The number of hydrogen-bond acceptors (Lipinski definition) is 4. The summed E-state index contributed by atoms with van der Waals surface area (Å²) >= 11 is 1.77. The van der Waals surface area contributed by atoms with Gasteiger partial charge >= 0.3 is 0 Å². The Hall–Kier alpha value is -1.72. The van der Waals surface area contributed by atoms with Gasteiger partial charge in [-0.3, -0.25) is 9.69 Å². The lowest BCUT2D eigenvalue weighted by atomic mass is 10.2. The molecule has 1 aromatic heterocycles. The minimum absolute atomic E-state index is 0. The molecule has 0 spiro atoms. The van der Waals surface area contributed by atoms with Gasteiger partial charge in [0.15, 0.2) is 5.96 Å². The topological polar surface area (TPSA) is 68.8 Å². The fourth-order valence-corrected chi connectivity index (χ4v) is 4.26. The number of carbonyl (C=O) groups excluding carboxylic acids is 1. The summed E-state index contributed by atoms with van der Waals surface area (Å²) in [5.74, 6) is -0.0763. The minimum Gasteiger partial charge on any atom is -0.357 e. The summed E-state index contributed by atoms with van der Waals surface area (Å²) in [6.45, 7) is 5.57. The van der Waals surface area contributed by atoms with Crippen LogP contribution in [0.4, 0.5) is 10.1 Å². The van der Waals surface area contributed by atoms with E-state index in [0.29, 0.717) is 24.2 Å². The molecule has 1 atom stereocenters. The van der Waals surface area contributed by atoms with Gasteiger partial charge in [0.05, 0.1) is 6.04 Å². The van der Waals surface area contributed by atoms with Crippen molar-refractivity contribution in [1.82, 2.24) is 15.5 Å². The van der Waals surface area contributed by atoms with Crippen LogP contribution in [-0.4, -0.2) is 49.5 Å². The third-order valence-corrected chi connectivity index (χ3v) is 5.72. The maximum absolute atomic E-state index is 13.3. The van der Waals surface area contributed by atoms with E-state index in [9.17, 15) is 9.18 Å². The van der Waals surface area contributed by atoms with Crippen LogP contribution < -0.4 is 16.0 Å². The molecule has 1 aliphatic rings. The largest absolute Gasteiger partial charge is 0.357 e. The third-order valence-electron chi connectivity index (χ3n) is 4.75. The van der Waals surface area contributed by atoms with Gasteiger partial charge in [-0.05, 0) is 62.5 Å². The van der Waals surface area contributed by atoms with Crippen LogP contribution in [0, 0.1) is 5.82 Å². The highest BCUT2D eigenvalue weighted by Gasteiger charge is 2.24. The zero-order chi connectivity index (χ0) is 20.5. The fraction of sp³-hybridized carbons (Fsp3) is 0.429. The summed E-state index contributed by atoms with van der Waals surface area (Å²) in [7, 11) is 0. The molecular weight excluding hydrogens is 516 g/mol. The maximum atomic E-state index is 13.3. The number of guanidine groups is 1. The number of hydrogen-bond donors (Lipinski definition) is 3. The van der Waals surface area contributed by atoms with Crippen molar-refractivity contribution in [3.05, 3.63) is 52.5 Å². The molecule has 9 heteroatoms. The van der Waals surface area contributed by atoms with Crippen molar-refractivity contribution in [2.75, 3.05) is 38.0 Å². The number of carbonyl (C=O) groups is 1. The molecule has 3 rings (SSSR count). The van der Waals surface area contributed by atoms with E-state index in [1.807, 2.05) is 6.92 Å². The average molecular weight is 545 g/mol. The second kappa shape index (κ2) is 12.9. The Morgan fingerprint density at radius 2 is 2.03 bits per heavy atom. The van der Waals surface area contributed by atoms with Gasteiger partial charge in [-0.2, -0.15) is 0 Å². The van der Waals surface area contributed by atoms with E-state index in [-0.39, 0.29) is 42.2 Å². The van der Waals surface area contributed by atoms with E-state index in [2.05, 4.69) is 43.4 Å². The smallest absolute Gasteiger partial charge is 0.246 e. The number of likely N-dealkylation sites (tertiary alicyclic amines) is 1. The van der Waals surface area contributed by atoms with Gasteiger partial charge in [0.1, 0.15) is 12.4 Å². The summed E-state index contributed by atoms with van der Waals surface area (Å²) in [6.07, 6.45) is 2.46. The first-order valence-electron chi connectivity index (χ1n) is 10.0. The first-order valence-corrected chi connectivity index (χ1v) is 10.9. The van der Waals surface area contributed by atoms with Crippen molar-refractivity contribution >= 4 is 52.9 Å². The average Bonchev–Trinajstić information content (AvgIpc) is 3.41. The van der Waals surface area contributed by atoms with Crippen LogP contribution in [0.5, 0.6) is 0 Å². The molecule has 0 radical (unpaired) electrons. The number of benzene rings is 1. The minimum atomic E-state index is -0.386. The molecule has 2 aromatic rings. The monoisotopic (exact) mass is 545 g/mol. The molecule has 2 heterocycles. The molecule has 0 saturated carbocycles. The zero-order valence-corrected chi connectivity index (χ0v) is 20.2. The van der Waals surface area contributed by atoms with Crippen LogP contribution >= 0.6 is 35.3 Å². The Labute approximate surface area is 198 Å².